The molecule has 4 rings (SSSR count). The Bertz CT molecular complexity index is 1170. The number of carbonyl (C=O) groups is 1. The highest BCUT2D eigenvalue weighted by molar-refractivity contribution is 7.87. The molecule has 0 heterocycles. The molecule has 0 aliphatic carbocycles. The Balaban J connectivity index is 2.06. The average Bonchev–Trinajstić information content (AvgIpc) is 2.92. The van der Waals surface area contributed by atoms with Crippen LogP contribution in [-0.2, 0) is 14.1 Å². The first kappa shape index (κ1) is 24.1. The first-order valence-electron chi connectivity index (χ1n) is 11.1. The van der Waals surface area contributed by atoms with Gasteiger partial charge in [0, 0.05) is 18.7 Å². The van der Waals surface area contributed by atoms with Gasteiger partial charge in [-0.05, 0) is 41.8 Å². The Labute approximate surface area is 202 Å². The van der Waals surface area contributed by atoms with Crippen LogP contribution >= 0.6 is 15.4 Å². The first-order chi connectivity index (χ1) is 16.6. The zero-order valence-corrected chi connectivity index (χ0v) is 21.0. The summed E-state index contributed by atoms with van der Waals surface area (Å²) in [5.41, 5.74) is 0. The number of ether oxygens (including phenoxy) is 1. The van der Waals surface area contributed by atoms with Crippen LogP contribution in [0.2, 0.25) is 0 Å². The molecule has 0 aliphatic heterocycles. The summed E-state index contributed by atoms with van der Waals surface area (Å²) in [5.74, 6) is -0.425. The second-order valence-electron chi connectivity index (χ2n) is 7.75. The Hall–Kier alpha value is -3.03. The largest absolute Gasteiger partial charge is 0.468 e. The third-order valence-corrected chi connectivity index (χ3v) is 12.1. The number of nitrogens with zero attached hydrogens (tertiary/aromatic N) is 1. The van der Waals surface area contributed by atoms with Gasteiger partial charge < -0.3 is 4.74 Å². The van der Waals surface area contributed by atoms with E-state index in [1.165, 1.54) is 7.11 Å². The van der Waals surface area contributed by atoms with Crippen molar-refractivity contribution < 1.29 is 14.1 Å². The minimum absolute atomic E-state index is 0.425. The summed E-state index contributed by atoms with van der Waals surface area (Å²) >= 11 is 0. The zero-order chi connectivity index (χ0) is 24.0. The third kappa shape index (κ3) is 4.76. The first-order valence-corrected chi connectivity index (χ1v) is 14.0. The summed E-state index contributed by atoms with van der Waals surface area (Å²) in [6.07, 6.45) is 0. The SMILES string of the molecule is COC(=O)[C@@H](C)N(P(c1ccccc1)c1ccccc1)P(=O)(c1ccccc1)c1ccccc1. The van der Waals surface area contributed by atoms with E-state index in [9.17, 15) is 4.79 Å². The summed E-state index contributed by atoms with van der Waals surface area (Å²) < 4.78 is 22.6. The van der Waals surface area contributed by atoms with Gasteiger partial charge >= 0.3 is 5.97 Å². The Kier molecular flexibility index (Phi) is 7.75. The highest BCUT2D eigenvalue weighted by Gasteiger charge is 2.45. The summed E-state index contributed by atoms with van der Waals surface area (Å²) in [4.78, 5) is 13.1. The molecule has 0 N–H and O–H groups in total. The maximum Gasteiger partial charge on any atom is 0.323 e. The molecule has 4 aromatic carbocycles. The fourth-order valence-electron chi connectivity index (χ4n) is 3.98. The highest BCUT2D eigenvalue weighted by Crippen LogP contribution is 2.61. The summed E-state index contributed by atoms with van der Waals surface area (Å²) in [6.45, 7) is 1.78. The van der Waals surface area contributed by atoms with Crippen molar-refractivity contribution in [1.29, 1.82) is 0 Å². The van der Waals surface area contributed by atoms with Crippen molar-refractivity contribution in [3.63, 3.8) is 0 Å². The average molecular weight is 487 g/mol. The predicted octanol–water partition coefficient (Wildman–Crippen LogP) is 4.83. The van der Waals surface area contributed by atoms with Gasteiger partial charge in [0.15, 0.2) is 0 Å². The van der Waals surface area contributed by atoms with Crippen LogP contribution in [0, 0.1) is 0 Å². The quantitative estimate of drug-likeness (QED) is 0.264. The van der Waals surface area contributed by atoms with Crippen LogP contribution in [0.25, 0.3) is 0 Å². The van der Waals surface area contributed by atoms with Gasteiger partial charge in [0.05, 0.1) is 7.11 Å². The van der Waals surface area contributed by atoms with Gasteiger partial charge in [0.25, 0.3) is 0 Å². The minimum Gasteiger partial charge on any atom is -0.468 e. The molecule has 34 heavy (non-hydrogen) atoms. The summed E-state index contributed by atoms with van der Waals surface area (Å²) in [7, 11) is -3.47. The molecular formula is C28H27NO3P2. The predicted molar refractivity (Wildman–Crippen MR) is 142 cm³/mol. The number of rotatable bonds is 8. The number of esters is 1. The van der Waals surface area contributed by atoms with Crippen molar-refractivity contribution in [3.8, 4) is 0 Å². The number of carbonyl (C=O) groups excluding carboxylic acids is 1. The highest BCUT2D eigenvalue weighted by atomic mass is 31.2. The van der Waals surface area contributed by atoms with Crippen molar-refractivity contribution >= 4 is 42.6 Å². The van der Waals surface area contributed by atoms with E-state index < -0.39 is 27.4 Å². The Morgan fingerprint density at radius 3 is 1.41 bits per heavy atom. The monoisotopic (exact) mass is 487 g/mol. The Morgan fingerprint density at radius 2 is 1.06 bits per heavy atom. The fourth-order valence-corrected chi connectivity index (χ4v) is 10.9. The Morgan fingerprint density at radius 1 is 0.706 bits per heavy atom. The van der Waals surface area contributed by atoms with Gasteiger partial charge in [0.2, 0.25) is 7.29 Å². The number of methoxy groups -OCH3 is 1. The summed E-state index contributed by atoms with van der Waals surface area (Å²) in [5, 5.41) is 3.37. The van der Waals surface area contributed by atoms with Crippen LogP contribution in [0.4, 0.5) is 0 Å². The molecule has 6 heteroatoms. The van der Waals surface area contributed by atoms with Crippen LogP contribution in [0.1, 0.15) is 6.92 Å². The zero-order valence-electron chi connectivity index (χ0n) is 19.2. The molecule has 172 valence electrons. The normalized spacial score (nSPS) is 12.5. The van der Waals surface area contributed by atoms with Crippen LogP contribution in [-0.4, -0.2) is 23.6 Å². The van der Waals surface area contributed by atoms with Gasteiger partial charge in [-0.15, -0.1) is 0 Å². The molecule has 0 fully saturated rings. The van der Waals surface area contributed by atoms with Crippen LogP contribution in [0.5, 0.6) is 0 Å². The van der Waals surface area contributed by atoms with Crippen LogP contribution in [0.15, 0.2) is 121 Å². The topological polar surface area (TPSA) is 46.6 Å². The van der Waals surface area contributed by atoms with Crippen molar-refractivity contribution in [2.45, 2.75) is 13.0 Å². The second kappa shape index (κ2) is 10.9. The van der Waals surface area contributed by atoms with E-state index in [0.717, 1.165) is 10.6 Å². The summed E-state index contributed by atoms with van der Waals surface area (Å²) in [6, 6.07) is 38.1. The van der Waals surface area contributed by atoms with Crippen molar-refractivity contribution in [2.24, 2.45) is 0 Å². The van der Waals surface area contributed by atoms with Crippen molar-refractivity contribution in [2.75, 3.05) is 7.11 Å². The lowest BCUT2D eigenvalue weighted by Gasteiger charge is -2.41. The molecule has 0 aliphatic rings. The molecule has 1 atom stereocenters. The maximum absolute atomic E-state index is 15.5. The second-order valence-corrected chi connectivity index (χ2v) is 12.8. The van der Waals surface area contributed by atoms with Crippen molar-refractivity contribution in [1.82, 2.24) is 4.44 Å². The van der Waals surface area contributed by atoms with E-state index in [2.05, 4.69) is 0 Å². The molecule has 0 unspecified atom stereocenters. The minimum atomic E-state index is -3.48. The van der Waals surface area contributed by atoms with Crippen LogP contribution in [0.3, 0.4) is 0 Å². The molecular weight excluding hydrogens is 460 g/mol. The molecule has 0 radical (unpaired) electrons. The molecule has 0 saturated heterocycles. The van der Waals surface area contributed by atoms with E-state index in [4.69, 9.17) is 4.74 Å². The van der Waals surface area contributed by atoms with E-state index in [1.54, 1.807) is 6.92 Å². The van der Waals surface area contributed by atoms with E-state index in [1.807, 2.05) is 126 Å². The van der Waals surface area contributed by atoms with Gasteiger partial charge in [-0.3, -0.25) is 9.36 Å². The standard InChI is InChI=1S/C28H27NO3P2/c1-23(28(30)32-2)29(33(24-15-7-3-8-16-24)25-17-9-4-10-18-25)34(31,26-19-11-5-12-20-26)27-21-13-6-14-22-27/h3-23H,1-2H3/t23-/m1/s1. The van der Waals surface area contributed by atoms with Gasteiger partial charge in [-0.1, -0.05) is 97.1 Å². The van der Waals surface area contributed by atoms with Crippen LogP contribution < -0.4 is 21.2 Å². The molecule has 0 spiro atoms. The molecule has 0 aromatic heterocycles. The third-order valence-electron chi connectivity index (χ3n) is 5.60. The number of hydrogen-bond acceptors (Lipinski definition) is 3. The van der Waals surface area contributed by atoms with Gasteiger partial charge in [0.1, 0.15) is 6.04 Å². The molecule has 0 amide bonds. The van der Waals surface area contributed by atoms with E-state index in [-0.39, 0.29) is 0 Å². The number of hydrogen-bond donors (Lipinski definition) is 0. The maximum atomic E-state index is 15.5. The van der Waals surface area contributed by atoms with E-state index >= 15 is 4.57 Å². The van der Waals surface area contributed by atoms with Crippen molar-refractivity contribution in [3.05, 3.63) is 121 Å². The molecule has 0 saturated carbocycles. The smallest absolute Gasteiger partial charge is 0.323 e. The molecule has 4 nitrogen and oxygen atoms in total. The lowest BCUT2D eigenvalue weighted by atomic mass is 10.4. The van der Waals surface area contributed by atoms with Gasteiger partial charge in [-0.2, -0.15) is 0 Å². The lowest BCUT2D eigenvalue weighted by molar-refractivity contribution is -0.143. The molecule has 0 bridgehead atoms. The van der Waals surface area contributed by atoms with E-state index in [0.29, 0.717) is 10.6 Å². The fraction of sp³-hybridized carbons (Fsp3) is 0.107. The molecule has 4 aromatic rings. The lowest BCUT2D eigenvalue weighted by Crippen LogP contribution is -2.43. The number of benzene rings is 4. The van der Waals surface area contributed by atoms with Gasteiger partial charge in [-0.25, -0.2) is 4.44 Å².